The van der Waals surface area contributed by atoms with Crippen molar-refractivity contribution in [2.45, 2.75) is 52.4 Å². The van der Waals surface area contributed by atoms with Crippen LogP contribution in [-0.4, -0.2) is 23.9 Å². The molecule has 1 aliphatic heterocycles. The fourth-order valence-electron chi connectivity index (χ4n) is 3.64. The van der Waals surface area contributed by atoms with Gasteiger partial charge in [-0.3, -0.25) is 4.79 Å². The lowest BCUT2D eigenvalue weighted by Crippen LogP contribution is -2.38. The number of Topliss-reactive ketones (excluding diaryl/α,β-unsaturated/α-hetero) is 1. The standard InChI is InChI=1S/C15H22N2OS/c1-11-13(12(2)18)19-14(16-11)17-9-7-15(8-10-17)5-3-4-6-15/h3-10H2,1-2H3. The number of hydrogen-bond acceptors (Lipinski definition) is 4. The molecule has 1 spiro atoms. The van der Waals surface area contributed by atoms with Crippen LogP contribution >= 0.6 is 11.3 Å². The van der Waals surface area contributed by atoms with Gasteiger partial charge in [0.15, 0.2) is 10.9 Å². The molecule has 104 valence electrons. The molecule has 0 unspecified atom stereocenters. The van der Waals surface area contributed by atoms with Crippen molar-refractivity contribution in [3.8, 4) is 0 Å². The van der Waals surface area contributed by atoms with E-state index < -0.39 is 0 Å². The first-order valence-electron chi connectivity index (χ1n) is 7.33. The van der Waals surface area contributed by atoms with Crippen LogP contribution in [-0.2, 0) is 0 Å². The first-order chi connectivity index (χ1) is 9.10. The van der Waals surface area contributed by atoms with Crippen LogP contribution in [0.25, 0.3) is 0 Å². The van der Waals surface area contributed by atoms with E-state index in [1.807, 2.05) is 6.92 Å². The summed E-state index contributed by atoms with van der Waals surface area (Å²) in [7, 11) is 0. The second-order valence-corrected chi connectivity index (χ2v) is 7.14. The quantitative estimate of drug-likeness (QED) is 0.771. The van der Waals surface area contributed by atoms with Gasteiger partial charge < -0.3 is 4.90 Å². The third-order valence-corrected chi connectivity index (χ3v) is 6.18. The van der Waals surface area contributed by atoms with Gasteiger partial charge in [-0.1, -0.05) is 24.2 Å². The van der Waals surface area contributed by atoms with E-state index in [4.69, 9.17) is 0 Å². The van der Waals surface area contributed by atoms with Crippen LogP contribution in [0, 0.1) is 12.3 Å². The molecule has 0 atom stereocenters. The fourth-order valence-corrected chi connectivity index (χ4v) is 4.66. The molecule has 0 N–H and O–H groups in total. The van der Waals surface area contributed by atoms with Crippen LogP contribution in [0.4, 0.5) is 5.13 Å². The molecule has 0 amide bonds. The first kappa shape index (κ1) is 13.1. The van der Waals surface area contributed by atoms with Crippen LogP contribution in [0.2, 0.25) is 0 Å². The Morgan fingerprint density at radius 3 is 2.37 bits per heavy atom. The summed E-state index contributed by atoms with van der Waals surface area (Å²) in [4.78, 5) is 19.3. The molecule has 3 nitrogen and oxygen atoms in total. The van der Waals surface area contributed by atoms with Gasteiger partial charge in [0.25, 0.3) is 0 Å². The topological polar surface area (TPSA) is 33.2 Å². The lowest BCUT2D eigenvalue weighted by atomic mass is 9.77. The summed E-state index contributed by atoms with van der Waals surface area (Å²) in [6.45, 7) is 5.81. The summed E-state index contributed by atoms with van der Waals surface area (Å²) in [5.74, 6) is 0.144. The number of carbonyl (C=O) groups is 1. The second-order valence-electron chi connectivity index (χ2n) is 6.16. The third-order valence-electron chi connectivity index (χ3n) is 4.86. The average molecular weight is 278 g/mol. The zero-order valence-corrected chi connectivity index (χ0v) is 12.7. The van der Waals surface area contributed by atoms with E-state index in [1.165, 1.54) is 38.5 Å². The number of anilines is 1. The molecule has 19 heavy (non-hydrogen) atoms. The van der Waals surface area contributed by atoms with Gasteiger partial charge in [-0.25, -0.2) is 4.98 Å². The van der Waals surface area contributed by atoms with E-state index in [-0.39, 0.29) is 5.78 Å². The Labute approximate surface area is 119 Å². The average Bonchev–Trinajstić information content (AvgIpc) is 2.98. The Balaban J connectivity index is 1.71. The number of piperidine rings is 1. The number of rotatable bonds is 2. The summed E-state index contributed by atoms with van der Waals surface area (Å²) in [5, 5.41) is 1.05. The van der Waals surface area contributed by atoms with Crippen LogP contribution in [0.1, 0.15) is 60.8 Å². The van der Waals surface area contributed by atoms with Crippen molar-refractivity contribution in [1.29, 1.82) is 0 Å². The molecule has 1 aliphatic carbocycles. The minimum Gasteiger partial charge on any atom is -0.348 e. The lowest BCUT2D eigenvalue weighted by Gasteiger charge is -2.39. The third kappa shape index (κ3) is 2.42. The maximum atomic E-state index is 11.5. The molecule has 1 aromatic heterocycles. The monoisotopic (exact) mass is 278 g/mol. The molecule has 2 heterocycles. The highest BCUT2D eigenvalue weighted by atomic mass is 32.1. The van der Waals surface area contributed by atoms with Crippen molar-refractivity contribution in [1.82, 2.24) is 4.98 Å². The highest BCUT2D eigenvalue weighted by molar-refractivity contribution is 7.17. The van der Waals surface area contributed by atoms with Gasteiger partial charge in [0.1, 0.15) is 0 Å². The highest BCUT2D eigenvalue weighted by Gasteiger charge is 2.37. The molecule has 0 aromatic carbocycles. The largest absolute Gasteiger partial charge is 0.348 e. The Bertz CT molecular complexity index is 478. The first-order valence-corrected chi connectivity index (χ1v) is 8.15. The lowest BCUT2D eigenvalue weighted by molar-refractivity contribution is 0.102. The van der Waals surface area contributed by atoms with Gasteiger partial charge in [-0.05, 0) is 38.0 Å². The van der Waals surface area contributed by atoms with E-state index in [9.17, 15) is 4.79 Å². The summed E-state index contributed by atoms with van der Waals surface area (Å²) in [6.07, 6.45) is 8.31. The smallest absolute Gasteiger partial charge is 0.186 e. The maximum absolute atomic E-state index is 11.5. The van der Waals surface area contributed by atoms with Crippen molar-refractivity contribution in [2.24, 2.45) is 5.41 Å². The Hall–Kier alpha value is -0.900. The highest BCUT2D eigenvalue weighted by Crippen LogP contribution is 2.47. The van der Waals surface area contributed by atoms with Gasteiger partial charge >= 0.3 is 0 Å². The van der Waals surface area contributed by atoms with Gasteiger partial charge in [-0.2, -0.15) is 0 Å². The number of ketones is 1. The molecule has 1 aromatic rings. The number of aryl methyl sites for hydroxylation is 1. The van der Waals surface area contributed by atoms with Crippen LogP contribution in [0.5, 0.6) is 0 Å². The molecule has 3 rings (SSSR count). The maximum Gasteiger partial charge on any atom is 0.186 e. The minimum atomic E-state index is 0.144. The Morgan fingerprint density at radius 1 is 1.21 bits per heavy atom. The summed E-state index contributed by atoms with van der Waals surface area (Å²) in [5.41, 5.74) is 1.54. The normalized spacial score (nSPS) is 22.1. The van der Waals surface area contributed by atoms with E-state index in [0.29, 0.717) is 5.41 Å². The zero-order chi connectivity index (χ0) is 13.5. The number of aromatic nitrogens is 1. The molecule has 2 aliphatic rings. The molecular formula is C15H22N2OS. The molecule has 0 radical (unpaired) electrons. The van der Waals surface area contributed by atoms with E-state index in [0.717, 1.165) is 28.8 Å². The summed E-state index contributed by atoms with van der Waals surface area (Å²) >= 11 is 1.57. The Morgan fingerprint density at radius 2 is 1.84 bits per heavy atom. The molecule has 0 bridgehead atoms. The van der Waals surface area contributed by atoms with Gasteiger partial charge in [0, 0.05) is 20.0 Å². The van der Waals surface area contributed by atoms with Crippen molar-refractivity contribution >= 4 is 22.3 Å². The number of carbonyl (C=O) groups excluding carboxylic acids is 1. The van der Waals surface area contributed by atoms with Gasteiger partial charge in [0.2, 0.25) is 0 Å². The predicted octanol–water partition coefficient (Wildman–Crippen LogP) is 3.81. The van der Waals surface area contributed by atoms with Crippen molar-refractivity contribution < 1.29 is 4.79 Å². The van der Waals surface area contributed by atoms with Crippen LogP contribution in [0.3, 0.4) is 0 Å². The van der Waals surface area contributed by atoms with Crippen LogP contribution in [0.15, 0.2) is 0 Å². The molecule has 2 fully saturated rings. The van der Waals surface area contributed by atoms with Gasteiger partial charge in [-0.15, -0.1) is 0 Å². The van der Waals surface area contributed by atoms with Crippen molar-refractivity contribution in [3.63, 3.8) is 0 Å². The number of hydrogen-bond donors (Lipinski definition) is 0. The summed E-state index contributed by atoms with van der Waals surface area (Å²) in [6, 6.07) is 0. The summed E-state index contributed by atoms with van der Waals surface area (Å²) < 4.78 is 0. The van der Waals surface area contributed by atoms with E-state index in [2.05, 4.69) is 9.88 Å². The second kappa shape index (κ2) is 4.89. The number of thiazole rings is 1. The number of nitrogens with zero attached hydrogens (tertiary/aromatic N) is 2. The SMILES string of the molecule is CC(=O)c1sc(N2CCC3(CCCC3)CC2)nc1C. The zero-order valence-electron chi connectivity index (χ0n) is 11.9. The Kier molecular flexibility index (Phi) is 3.37. The minimum absolute atomic E-state index is 0.144. The van der Waals surface area contributed by atoms with E-state index in [1.54, 1.807) is 18.3 Å². The molecule has 1 saturated carbocycles. The van der Waals surface area contributed by atoms with Gasteiger partial charge in [0.05, 0.1) is 10.6 Å². The van der Waals surface area contributed by atoms with Crippen LogP contribution < -0.4 is 4.90 Å². The molecule has 1 saturated heterocycles. The van der Waals surface area contributed by atoms with Crippen molar-refractivity contribution in [2.75, 3.05) is 18.0 Å². The fraction of sp³-hybridized carbons (Fsp3) is 0.733. The van der Waals surface area contributed by atoms with Crippen molar-refractivity contribution in [3.05, 3.63) is 10.6 Å². The molecular weight excluding hydrogens is 256 g/mol. The van der Waals surface area contributed by atoms with E-state index >= 15 is 0 Å². The molecule has 4 heteroatoms. The predicted molar refractivity (Wildman–Crippen MR) is 79.2 cm³/mol.